The van der Waals surface area contributed by atoms with Crippen LogP contribution in [0.5, 0.6) is 0 Å². The van der Waals surface area contributed by atoms with Gasteiger partial charge in [-0.05, 0) is 12.8 Å². The highest BCUT2D eigenvalue weighted by atomic mass is 16.4. The molecule has 2 amide bonds. The Hall–Kier alpha value is -1.30. The van der Waals surface area contributed by atoms with Gasteiger partial charge in [0.25, 0.3) is 0 Å². The molecule has 0 saturated heterocycles. The number of nitrogens with one attached hydrogen (secondary N) is 1. The van der Waals surface area contributed by atoms with Crippen molar-refractivity contribution < 1.29 is 19.8 Å². The Bertz CT molecular complexity index is 256. The lowest BCUT2D eigenvalue weighted by Gasteiger charge is -2.25. The molecule has 0 aliphatic rings. The summed E-state index contributed by atoms with van der Waals surface area (Å²) in [5.74, 6) is -0.810. The number of carbonyl (C=O) groups excluding carboxylic acids is 1. The van der Waals surface area contributed by atoms with Crippen LogP contribution in [-0.2, 0) is 4.79 Å². The number of carbonyl (C=O) groups is 2. The van der Waals surface area contributed by atoms with Gasteiger partial charge in [0.05, 0.1) is 0 Å². The van der Waals surface area contributed by atoms with Gasteiger partial charge in [0.15, 0.2) is 0 Å². The number of amides is 2. The summed E-state index contributed by atoms with van der Waals surface area (Å²) in [5, 5.41) is 20.0. The normalized spacial score (nSPS) is 12.3. The standard InChI is InChI=1S/C11H22N2O4/c1-4-13(7-8(2)3)11(17)12-9(5-6-14)10(15)16/h8-9,14H,4-7H2,1-3H3,(H,12,17)(H,15,16)/t9-/m0/s1. The lowest BCUT2D eigenvalue weighted by atomic mass is 10.2. The Kier molecular flexibility index (Phi) is 7.29. The van der Waals surface area contributed by atoms with Gasteiger partial charge >= 0.3 is 12.0 Å². The SMILES string of the molecule is CCN(CC(C)C)C(=O)N[C@@H](CCO)C(=O)O. The summed E-state index contributed by atoms with van der Waals surface area (Å²) in [5.41, 5.74) is 0. The van der Waals surface area contributed by atoms with Crippen molar-refractivity contribution in [3.8, 4) is 0 Å². The van der Waals surface area contributed by atoms with Gasteiger partial charge in [-0.2, -0.15) is 0 Å². The zero-order chi connectivity index (χ0) is 13.4. The Morgan fingerprint density at radius 3 is 2.29 bits per heavy atom. The average molecular weight is 246 g/mol. The summed E-state index contributed by atoms with van der Waals surface area (Å²) < 4.78 is 0. The molecule has 17 heavy (non-hydrogen) atoms. The molecule has 0 aliphatic heterocycles. The molecule has 0 aromatic carbocycles. The largest absolute Gasteiger partial charge is 0.480 e. The fourth-order valence-corrected chi connectivity index (χ4v) is 1.42. The second-order valence-electron chi connectivity index (χ2n) is 4.29. The highest BCUT2D eigenvalue weighted by molar-refractivity contribution is 5.82. The summed E-state index contributed by atoms with van der Waals surface area (Å²) in [4.78, 5) is 24.1. The first-order chi connectivity index (χ1) is 7.92. The maximum Gasteiger partial charge on any atom is 0.326 e. The van der Waals surface area contributed by atoms with Crippen molar-refractivity contribution in [3.05, 3.63) is 0 Å². The summed E-state index contributed by atoms with van der Waals surface area (Å²) in [6.07, 6.45) is 0.0142. The highest BCUT2D eigenvalue weighted by Gasteiger charge is 2.22. The molecule has 3 N–H and O–H groups in total. The lowest BCUT2D eigenvalue weighted by Crippen LogP contribution is -2.49. The Labute approximate surface area is 102 Å². The number of hydrogen-bond donors (Lipinski definition) is 3. The number of carboxylic acid groups (broad SMARTS) is 1. The van der Waals surface area contributed by atoms with Crippen molar-refractivity contribution in [1.82, 2.24) is 10.2 Å². The number of aliphatic hydroxyl groups excluding tert-OH is 1. The van der Waals surface area contributed by atoms with Gasteiger partial charge in [-0.15, -0.1) is 0 Å². The molecule has 6 nitrogen and oxygen atoms in total. The van der Waals surface area contributed by atoms with E-state index >= 15 is 0 Å². The van der Waals surface area contributed by atoms with Crippen LogP contribution in [0.3, 0.4) is 0 Å². The van der Waals surface area contributed by atoms with E-state index in [0.717, 1.165) is 0 Å². The predicted molar refractivity (Wildman–Crippen MR) is 63.7 cm³/mol. The maximum atomic E-state index is 11.8. The number of urea groups is 1. The molecule has 0 aromatic heterocycles. The molecule has 0 aliphatic carbocycles. The minimum absolute atomic E-state index is 0.0142. The van der Waals surface area contributed by atoms with Gasteiger partial charge in [0.1, 0.15) is 6.04 Å². The molecule has 0 aromatic rings. The predicted octanol–water partition coefficient (Wildman–Crippen LogP) is 0.509. The van der Waals surface area contributed by atoms with E-state index in [4.69, 9.17) is 10.2 Å². The van der Waals surface area contributed by atoms with E-state index in [1.807, 2.05) is 20.8 Å². The van der Waals surface area contributed by atoms with Crippen molar-refractivity contribution in [3.63, 3.8) is 0 Å². The molecule has 100 valence electrons. The van der Waals surface area contributed by atoms with E-state index in [-0.39, 0.29) is 13.0 Å². The van der Waals surface area contributed by atoms with E-state index < -0.39 is 18.0 Å². The summed E-state index contributed by atoms with van der Waals surface area (Å²) in [6.45, 7) is 6.64. The number of aliphatic carboxylic acids is 1. The Morgan fingerprint density at radius 2 is 1.94 bits per heavy atom. The first-order valence-electron chi connectivity index (χ1n) is 5.81. The molecule has 0 radical (unpaired) electrons. The molecule has 0 fully saturated rings. The third-order valence-corrected chi connectivity index (χ3v) is 2.27. The van der Waals surface area contributed by atoms with Crippen molar-refractivity contribution in [1.29, 1.82) is 0 Å². The van der Waals surface area contributed by atoms with E-state index in [1.165, 1.54) is 0 Å². The van der Waals surface area contributed by atoms with Crippen molar-refractivity contribution in [2.24, 2.45) is 5.92 Å². The van der Waals surface area contributed by atoms with Crippen molar-refractivity contribution >= 4 is 12.0 Å². The van der Waals surface area contributed by atoms with Crippen LogP contribution in [-0.4, -0.2) is 52.9 Å². The van der Waals surface area contributed by atoms with Crippen LogP contribution < -0.4 is 5.32 Å². The fraction of sp³-hybridized carbons (Fsp3) is 0.818. The van der Waals surface area contributed by atoms with Gasteiger partial charge < -0.3 is 20.4 Å². The fourth-order valence-electron chi connectivity index (χ4n) is 1.42. The average Bonchev–Trinajstić information content (AvgIpc) is 2.24. The molecule has 0 heterocycles. The van der Waals surface area contributed by atoms with E-state index in [2.05, 4.69) is 5.32 Å². The number of carboxylic acids is 1. The summed E-state index contributed by atoms with van der Waals surface area (Å²) >= 11 is 0. The second kappa shape index (κ2) is 7.89. The minimum Gasteiger partial charge on any atom is -0.480 e. The second-order valence-corrected chi connectivity index (χ2v) is 4.29. The van der Waals surface area contributed by atoms with Crippen LogP contribution >= 0.6 is 0 Å². The van der Waals surface area contributed by atoms with Crippen LogP contribution in [0.4, 0.5) is 4.79 Å². The van der Waals surface area contributed by atoms with Crippen molar-refractivity contribution in [2.45, 2.75) is 33.2 Å². The molecule has 6 heteroatoms. The van der Waals surface area contributed by atoms with Crippen molar-refractivity contribution in [2.75, 3.05) is 19.7 Å². The lowest BCUT2D eigenvalue weighted by molar-refractivity contribution is -0.139. The molecule has 0 rings (SSSR count). The van der Waals surface area contributed by atoms with Gasteiger partial charge in [0.2, 0.25) is 0 Å². The molecule has 0 bridgehead atoms. The van der Waals surface area contributed by atoms with Crippen LogP contribution in [0.15, 0.2) is 0 Å². The van der Waals surface area contributed by atoms with Crippen LogP contribution in [0, 0.1) is 5.92 Å². The third-order valence-electron chi connectivity index (χ3n) is 2.27. The summed E-state index contributed by atoms with van der Waals surface area (Å²) in [6, 6.07) is -1.43. The number of hydrogen-bond acceptors (Lipinski definition) is 3. The zero-order valence-electron chi connectivity index (χ0n) is 10.6. The first-order valence-corrected chi connectivity index (χ1v) is 5.81. The van der Waals surface area contributed by atoms with Crippen LogP contribution in [0.1, 0.15) is 27.2 Å². The number of aliphatic hydroxyl groups is 1. The van der Waals surface area contributed by atoms with E-state index in [1.54, 1.807) is 4.90 Å². The Balaban J connectivity index is 4.40. The molecule has 0 saturated carbocycles. The Morgan fingerprint density at radius 1 is 1.35 bits per heavy atom. The quantitative estimate of drug-likeness (QED) is 0.610. The molecule has 0 spiro atoms. The van der Waals surface area contributed by atoms with Crippen LogP contribution in [0.2, 0.25) is 0 Å². The highest BCUT2D eigenvalue weighted by Crippen LogP contribution is 2.00. The van der Waals surface area contributed by atoms with Gasteiger partial charge in [-0.1, -0.05) is 13.8 Å². The van der Waals surface area contributed by atoms with Gasteiger partial charge in [-0.3, -0.25) is 0 Å². The zero-order valence-corrected chi connectivity index (χ0v) is 10.6. The van der Waals surface area contributed by atoms with E-state index in [9.17, 15) is 9.59 Å². The molecule has 0 unspecified atom stereocenters. The van der Waals surface area contributed by atoms with E-state index in [0.29, 0.717) is 19.0 Å². The van der Waals surface area contributed by atoms with Crippen LogP contribution in [0.25, 0.3) is 0 Å². The first kappa shape index (κ1) is 15.7. The molecule has 1 atom stereocenters. The number of nitrogens with zero attached hydrogens (tertiary/aromatic N) is 1. The van der Waals surface area contributed by atoms with Gasteiger partial charge in [-0.25, -0.2) is 9.59 Å². The molecular formula is C11H22N2O4. The maximum absolute atomic E-state index is 11.8. The monoisotopic (exact) mass is 246 g/mol. The number of rotatable bonds is 7. The topological polar surface area (TPSA) is 89.9 Å². The third kappa shape index (κ3) is 6.11. The van der Waals surface area contributed by atoms with Gasteiger partial charge in [0, 0.05) is 26.1 Å². The summed E-state index contributed by atoms with van der Waals surface area (Å²) in [7, 11) is 0. The molecular weight excluding hydrogens is 224 g/mol. The smallest absolute Gasteiger partial charge is 0.326 e. The minimum atomic E-state index is -1.13.